The van der Waals surface area contributed by atoms with Gasteiger partial charge in [-0.05, 0) is 24.5 Å². The average Bonchev–Trinajstić information content (AvgIpc) is 2.38. The van der Waals surface area contributed by atoms with Crippen LogP contribution in [0.1, 0.15) is 51.0 Å². The highest BCUT2D eigenvalue weighted by atomic mass is 15.2. The number of hydrazine groups is 1. The van der Waals surface area contributed by atoms with Gasteiger partial charge in [-0.1, -0.05) is 45.1 Å². The minimum Gasteiger partial charge on any atom is -0.271 e. The second kappa shape index (κ2) is 9.14. The zero-order valence-corrected chi connectivity index (χ0v) is 10.9. The third-order valence-corrected chi connectivity index (χ3v) is 3.10. The van der Waals surface area contributed by atoms with E-state index in [0.717, 1.165) is 12.8 Å². The van der Waals surface area contributed by atoms with Crippen molar-refractivity contribution in [1.82, 2.24) is 10.4 Å². The highest BCUT2D eigenvalue weighted by Gasteiger charge is 2.07. The molecule has 0 aliphatic carbocycles. The Morgan fingerprint density at radius 2 is 2.12 bits per heavy atom. The van der Waals surface area contributed by atoms with Crippen LogP contribution in [-0.2, 0) is 6.42 Å². The Morgan fingerprint density at radius 3 is 2.76 bits per heavy atom. The summed E-state index contributed by atoms with van der Waals surface area (Å²) in [4.78, 5) is 4.12. The molecule has 0 fully saturated rings. The van der Waals surface area contributed by atoms with E-state index in [1.54, 1.807) is 6.20 Å². The third-order valence-electron chi connectivity index (χ3n) is 3.10. The fourth-order valence-electron chi connectivity index (χ4n) is 2.04. The molecular formula is C14H25N3. The van der Waals surface area contributed by atoms with Crippen molar-refractivity contribution in [3.63, 3.8) is 0 Å². The molecule has 0 amide bonds. The van der Waals surface area contributed by atoms with Gasteiger partial charge >= 0.3 is 0 Å². The maximum atomic E-state index is 5.59. The van der Waals surface area contributed by atoms with Crippen molar-refractivity contribution in [2.24, 2.45) is 5.84 Å². The Kier molecular flexibility index (Phi) is 7.60. The van der Waals surface area contributed by atoms with Crippen molar-refractivity contribution in [2.75, 3.05) is 0 Å². The van der Waals surface area contributed by atoms with Gasteiger partial charge in [-0.3, -0.25) is 16.3 Å². The number of hydrogen-bond donors (Lipinski definition) is 2. The third kappa shape index (κ3) is 6.39. The predicted octanol–water partition coefficient (Wildman–Crippen LogP) is 2.82. The number of nitrogens with one attached hydrogen (secondary N) is 1. The standard InChI is InChI=1S/C14H25N3/c1-2-3-4-5-6-9-14(17-15)11-13-8-7-10-16-12-13/h7-8,10,12,14,17H,2-6,9,11,15H2,1H3. The van der Waals surface area contributed by atoms with Gasteiger partial charge in [0.15, 0.2) is 0 Å². The lowest BCUT2D eigenvalue weighted by atomic mass is 10.0. The summed E-state index contributed by atoms with van der Waals surface area (Å²) in [5, 5.41) is 0. The molecule has 1 rings (SSSR count). The molecule has 96 valence electrons. The molecule has 17 heavy (non-hydrogen) atoms. The van der Waals surface area contributed by atoms with Crippen molar-refractivity contribution in [1.29, 1.82) is 0 Å². The summed E-state index contributed by atoms with van der Waals surface area (Å²) in [6.45, 7) is 2.24. The van der Waals surface area contributed by atoms with Crippen LogP contribution in [0, 0.1) is 0 Å². The first kappa shape index (κ1) is 14.1. The lowest BCUT2D eigenvalue weighted by Gasteiger charge is -2.15. The Hall–Kier alpha value is -0.930. The van der Waals surface area contributed by atoms with Gasteiger partial charge in [0.05, 0.1) is 0 Å². The molecule has 0 aromatic carbocycles. The van der Waals surface area contributed by atoms with Gasteiger partial charge in [-0.25, -0.2) is 0 Å². The van der Waals surface area contributed by atoms with Gasteiger partial charge in [-0.2, -0.15) is 0 Å². The normalized spacial score (nSPS) is 12.6. The first-order valence-corrected chi connectivity index (χ1v) is 6.71. The summed E-state index contributed by atoms with van der Waals surface area (Å²) in [5.74, 6) is 5.59. The van der Waals surface area contributed by atoms with Gasteiger partial charge in [0.2, 0.25) is 0 Å². The summed E-state index contributed by atoms with van der Waals surface area (Å²) in [5.41, 5.74) is 4.17. The van der Waals surface area contributed by atoms with Crippen LogP contribution in [0.15, 0.2) is 24.5 Å². The van der Waals surface area contributed by atoms with Crippen molar-refractivity contribution < 1.29 is 0 Å². The molecule has 3 nitrogen and oxygen atoms in total. The molecule has 1 heterocycles. The maximum Gasteiger partial charge on any atom is 0.0300 e. The van der Waals surface area contributed by atoms with Crippen LogP contribution in [0.4, 0.5) is 0 Å². The molecule has 0 spiro atoms. The topological polar surface area (TPSA) is 50.9 Å². The van der Waals surface area contributed by atoms with Gasteiger partial charge in [-0.15, -0.1) is 0 Å². The number of aromatic nitrogens is 1. The van der Waals surface area contributed by atoms with Crippen LogP contribution in [-0.4, -0.2) is 11.0 Å². The Bertz CT molecular complexity index is 274. The molecule has 1 unspecified atom stereocenters. The molecule has 3 N–H and O–H groups in total. The fourth-order valence-corrected chi connectivity index (χ4v) is 2.04. The van der Waals surface area contributed by atoms with Crippen molar-refractivity contribution >= 4 is 0 Å². The summed E-state index contributed by atoms with van der Waals surface area (Å²) >= 11 is 0. The fraction of sp³-hybridized carbons (Fsp3) is 0.643. The molecular weight excluding hydrogens is 210 g/mol. The van der Waals surface area contributed by atoms with E-state index < -0.39 is 0 Å². The summed E-state index contributed by atoms with van der Waals surface area (Å²) in [6.07, 6.45) is 12.4. The highest BCUT2D eigenvalue weighted by Crippen LogP contribution is 2.10. The first-order valence-electron chi connectivity index (χ1n) is 6.71. The molecule has 0 aliphatic heterocycles. The van der Waals surface area contributed by atoms with Gasteiger partial charge in [0.1, 0.15) is 0 Å². The summed E-state index contributed by atoms with van der Waals surface area (Å²) in [6, 6.07) is 4.46. The van der Waals surface area contributed by atoms with E-state index in [4.69, 9.17) is 5.84 Å². The van der Waals surface area contributed by atoms with Crippen LogP contribution >= 0.6 is 0 Å². The van der Waals surface area contributed by atoms with Crippen LogP contribution in [0.2, 0.25) is 0 Å². The van der Waals surface area contributed by atoms with Gasteiger partial charge in [0.25, 0.3) is 0 Å². The average molecular weight is 235 g/mol. The minimum absolute atomic E-state index is 0.376. The molecule has 0 saturated heterocycles. The van der Waals surface area contributed by atoms with Crippen LogP contribution < -0.4 is 11.3 Å². The second-order valence-corrected chi connectivity index (χ2v) is 4.63. The SMILES string of the molecule is CCCCCCCC(Cc1cccnc1)NN. The van der Waals surface area contributed by atoms with Crippen molar-refractivity contribution in [2.45, 2.75) is 57.9 Å². The largest absolute Gasteiger partial charge is 0.271 e. The predicted molar refractivity (Wildman–Crippen MR) is 72.4 cm³/mol. The lowest BCUT2D eigenvalue weighted by Crippen LogP contribution is -2.36. The maximum absolute atomic E-state index is 5.59. The number of nitrogens with zero attached hydrogens (tertiary/aromatic N) is 1. The second-order valence-electron chi connectivity index (χ2n) is 4.63. The number of nitrogens with two attached hydrogens (primary N) is 1. The first-order chi connectivity index (χ1) is 8.36. The Balaban J connectivity index is 2.20. The number of hydrogen-bond acceptors (Lipinski definition) is 3. The van der Waals surface area contributed by atoms with Crippen LogP contribution in [0.25, 0.3) is 0 Å². The lowest BCUT2D eigenvalue weighted by molar-refractivity contribution is 0.460. The molecule has 1 atom stereocenters. The number of unbranched alkanes of at least 4 members (excludes halogenated alkanes) is 4. The van der Waals surface area contributed by atoms with E-state index in [1.165, 1.54) is 37.7 Å². The zero-order chi connectivity index (χ0) is 12.3. The molecule has 0 saturated carbocycles. The molecule has 1 aromatic rings. The number of rotatable bonds is 9. The van der Waals surface area contributed by atoms with Gasteiger partial charge in [0, 0.05) is 18.4 Å². The van der Waals surface area contributed by atoms with E-state index in [1.807, 2.05) is 12.3 Å². The molecule has 1 aromatic heterocycles. The number of pyridine rings is 1. The quantitative estimate of drug-likeness (QED) is 0.393. The van der Waals surface area contributed by atoms with Crippen molar-refractivity contribution in [3.8, 4) is 0 Å². The zero-order valence-electron chi connectivity index (χ0n) is 10.9. The Labute approximate surface area is 105 Å². The molecule has 3 heteroatoms. The minimum atomic E-state index is 0.376. The summed E-state index contributed by atoms with van der Waals surface area (Å²) < 4.78 is 0. The molecule has 0 aliphatic rings. The van der Waals surface area contributed by atoms with E-state index in [2.05, 4.69) is 23.4 Å². The van der Waals surface area contributed by atoms with Crippen LogP contribution in [0.3, 0.4) is 0 Å². The van der Waals surface area contributed by atoms with E-state index in [-0.39, 0.29) is 0 Å². The monoisotopic (exact) mass is 235 g/mol. The van der Waals surface area contributed by atoms with E-state index >= 15 is 0 Å². The van der Waals surface area contributed by atoms with Gasteiger partial charge < -0.3 is 0 Å². The van der Waals surface area contributed by atoms with Crippen molar-refractivity contribution in [3.05, 3.63) is 30.1 Å². The summed E-state index contributed by atoms with van der Waals surface area (Å²) in [7, 11) is 0. The molecule has 0 bridgehead atoms. The highest BCUT2D eigenvalue weighted by molar-refractivity contribution is 5.09. The van der Waals surface area contributed by atoms with E-state index in [9.17, 15) is 0 Å². The Morgan fingerprint density at radius 1 is 1.29 bits per heavy atom. The smallest absolute Gasteiger partial charge is 0.0300 e. The van der Waals surface area contributed by atoms with Crippen LogP contribution in [0.5, 0.6) is 0 Å². The van der Waals surface area contributed by atoms with E-state index in [0.29, 0.717) is 6.04 Å². The molecule has 0 radical (unpaired) electrons.